The van der Waals surface area contributed by atoms with E-state index in [1.807, 2.05) is 27.0 Å². The number of likely N-dealkylation sites (N-methyl/N-ethyl adjacent to an activating group) is 1. The molecule has 0 aliphatic carbocycles. The van der Waals surface area contributed by atoms with Gasteiger partial charge >= 0.3 is 0 Å². The number of hydrogen-bond donors (Lipinski definition) is 2. The molecule has 1 atom stereocenters. The monoisotopic (exact) mass is 262 g/mol. The predicted molar refractivity (Wildman–Crippen MR) is 76.5 cm³/mol. The zero-order chi connectivity index (χ0) is 14.0. The molecule has 1 aromatic heterocycles. The number of rotatable bonds is 4. The molecule has 0 radical (unpaired) electrons. The minimum Gasteiger partial charge on any atom is -0.365 e. The normalized spacial score (nSPS) is 18.9. The first-order valence-electron chi connectivity index (χ1n) is 6.74. The van der Waals surface area contributed by atoms with E-state index in [9.17, 15) is 4.79 Å². The van der Waals surface area contributed by atoms with Gasteiger partial charge in [-0.15, -0.1) is 0 Å². The Bertz CT molecular complexity index is 487. The summed E-state index contributed by atoms with van der Waals surface area (Å²) in [5, 5.41) is 3.20. The van der Waals surface area contributed by atoms with Gasteiger partial charge < -0.3 is 16.0 Å². The molecule has 2 heterocycles. The Morgan fingerprint density at radius 3 is 2.95 bits per heavy atom. The van der Waals surface area contributed by atoms with Crippen LogP contribution >= 0.6 is 0 Å². The summed E-state index contributed by atoms with van der Waals surface area (Å²) in [6, 6.07) is 2.30. The van der Waals surface area contributed by atoms with Crippen LogP contribution in [-0.4, -0.2) is 37.1 Å². The van der Waals surface area contributed by atoms with Crippen LogP contribution in [0.25, 0.3) is 0 Å². The summed E-state index contributed by atoms with van der Waals surface area (Å²) in [6.45, 7) is 5.70. The smallest absolute Gasteiger partial charge is 0.252 e. The first-order chi connectivity index (χ1) is 9.04. The number of nitrogens with zero attached hydrogens (tertiary/aromatic N) is 2. The molecule has 104 valence electrons. The topological polar surface area (TPSA) is 71.2 Å². The molecule has 1 saturated heterocycles. The van der Waals surface area contributed by atoms with Crippen molar-refractivity contribution in [3.05, 3.63) is 22.9 Å². The van der Waals surface area contributed by atoms with Crippen molar-refractivity contribution in [2.75, 3.05) is 25.0 Å². The quantitative estimate of drug-likeness (QED) is 0.848. The second kappa shape index (κ2) is 5.57. The lowest BCUT2D eigenvalue weighted by Crippen LogP contribution is -2.38. The van der Waals surface area contributed by atoms with Crippen LogP contribution in [0.5, 0.6) is 0 Å². The number of carbonyl (C=O) groups excluding carboxylic acids is 1. The van der Waals surface area contributed by atoms with E-state index in [2.05, 4.69) is 15.2 Å². The SMILES string of the molecule is CNCC1CCCN1c1nc(C)cc(C)c1C(N)=O. The molecule has 1 fully saturated rings. The Labute approximate surface area is 114 Å². The summed E-state index contributed by atoms with van der Waals surface area (Å²) < 4.78 is 0. The molecule has 1 aromatic rings. The van der Waals surface area contributed by atoms with Crippen molar-refractivity contribution in [1.29, 1.82) is 0 Å². The van der Waals surface area contributed by atoms with Crippen molar-refractivity contribution in [2.45, 2.75) is 32.7 Å². The molecule has 1 aliphatic rings. The van der Waals surface area contributed by atoms with Crippen LogP contribution in [0.15, 0.2) is 6.07 Å². The van der Waals surface area contributed by atoms with E-state index in [1.165, 1.54) is 0 Å². The Morgan fingerprint density at radius 2 is 2.32 bits per heavy atom. The second-order valence-electron chi connectivity index (χ2n) is 5.19. The molecule has 5 heteroatoms. The van der Waals surface area contributed by atoms with Gasteiger partial charge in [-0.05, 0) is 45.4 Å². The summed E-state index contributed by atoms with van der Waals surface area (Å²) in [7, 11) is 1.94. The number of hydrogen-bond acceptors (Lipinski definition) is 4. The number of carbonyl (C=O) groups is 1. The Kier molecular flexibility index (Phi) is 4.04. The van der Waals surface area contributed by atoms with Crippen molar-refractivity contribution in [3.63, 3.8) is 0 Å². The van der Waals surface area contributed by atoms with Gasteiger partial charge in [-0.2, -0.15) is 0 Å². The summed E-state index contributed by atoms with van der Waals surface area (Å²) in [5.74, 6) is 0.359. The number of aryl methyl sites for hydroxylation is 2. The molecule has 2 rings (SSSR count). The van der Waals surface area contributed by atoms with Crippen LogP contribution in [-0.2, 0) is 0 Å². The highest BCUT2D eigenvalue weighted by Crippen LogP contribution is 2.28. The number of aromatic nitrogens is 1. The zero-order valence-electron chi connectivity index (χ0n) is 11.9. The van der Waals surface area contributed by atoms with Gasteiger partial charge in [0.05, 0.1) is 5.56 Å². The molecule has 19 heavy (non-hydrogen) atoms. The summed E-state index contributed by atoms with van der Waals surface area (Å²) >= 11 is 0. The van der Waals surface area contributed by atoms with Crippen molar-refractivity contribution >= 4 is 11.7 Å². The van der Waals surface area contributed by atoms with Gasteiger partial charge in [-0.1, -0.05) is 0 Å². The summed E-state index contributed by atoms with van der Waals surface area (Å²) in [4.78, 5) is 18.5. The van der Waals surface area contributed by atoms with E-state index in [-0.39, 0.29) is 0 Å². The zero-order valence-corrected chi connectivity index (χ0v) is 11.9. The van der Waals surface area contributed by atoms with Crippen LogP contribution in [0.4, 0.5) is 5.82 Å². The molecule has 0 bridgehead atoms. The van der Waals surface area contributed by atoms with Crippen LogP contribution in [0.2, 0.25) is 0 Å². The second-order valence-corrected chi connectivity index (χ2v) is 5.19. The fraction of sp³-hybridized carbons (Fsp3) is 0.571. The molecule has 1 amide bonds. The molecule has 0 spiro atoms. The molecular weight excluding hydrogens is 240 g/mol. The van der Waals surface area contributed by atoms with Gasteiger partial charge in [0.1, 0.15) is 5.82 Å². The maximum absolute atomic E-state index is 11.7. The fourth-order valence-corrected chi connectivity index (χ4v) is 2.89. The van der Waals surface area contributed by atoms with Crippen molar-refractivity contribution in [1.82, 2.24) is 10.3 Å². The van der Waals surface area contributed by atoms with Crippen molar-refractivity contribution in [2.24, 2.45) is 5.73 Å². The average Bonchev–Trinajstić information content (AvgIpc) is 2.75. The van der Waals surface area contributed by atoms with E-state index >= 15 is 0 Å². The first-order valence-corrected chi connectivity index (χ1v) is 6.74. The van der Waals surface area contributed by atoms with Gasteiger partial charge in [0, 0.05) is 24.8 Å². The molecule has 0 aromatic carbocycles. The summed E-state index contributed by atoms with van der Waals surface area (Å²) in [5.41, 5.74) is 7.93. The van der Waals surface area contributed by atoms with E-state index in [1.54, 1.807) is 0 Å². The molecule has 3 N–H and O–H groups in total. The van der Waals surface area contributed by atoms with Gasteiger partial charge in [0.15, 0.2) is 0 Å². The highest BCUT2D eigenvalue weighted by molar-refractivity contribution is 5.99. The van der Waals surface area contributed by atoms with Gasteiger partial charge in [-0.25, -0.2) is 4.98 Å². The third-order valence-corrected chi connectivity index (χ3v) is 3.66. The molecular formula is C14H22N4O. The Balaban J connectivity index is 2.45. The maximum atomic E-state index is 11.7. The number of nitrogens with one attached hydrogen (secondary N) is 1. The highest BCUT2D eigenvalue weighted by Gasteiger charge is 2.29. The minimum absolute atomic E-state index is 0.386. The number of nitrogens with two attached hydrogens (primary N) is 1. The lowest BCUT2D eigenvalue weighted by Gasteiger charge is -2.28. The Hall–Kier alpha value is -1.62. The van der Waals surface area contributed by atoms with Crippen LogP contribution in [0, 0.1) is 13.8 Å². The molecule has 1 aliphatic heterocycles. The van der Waals surface area contributed by atoms with Crippen molar-refractivity contribution in [3.8, 4) is 0 Å². The van der Waals surface area contributed by atoms with Crippen LogP contribution in [0.3, 0.4) is 0 Å². The van der Waals surface area contributed by atoms with Crippen LogP contribution in [0.1, 0.15) is 34.5 Å². The van der Waals surface area contributed by atoms with Gasteiger partial charge in [-0.3, -0.25) is 4.79 Å². The average molecular weight is 262 g/mol. The lowest BCUT2D eigenvalue weighted by atomic mass is 10.1. The third-order valence-electron chi connectivity index (χ3n) is 3.66. The number of pyridine rings is 1. The predicted octanol–water partition coefficient (Wildman–Crippen LogP) is 0.986. The third kappa shape index (κ3) is 2.71. The van der Waals surface area contributed by atoms with Gasteiger partial charge in [0.25, 0.3) is 5.91 Å². The summed E-state index contributed by atoms with van der Waals surface area (Å²) in [6.07, 6.45) is 2.24. The molecule has 5 nitrogen and oxygen atoms in total. The van der Waals surface area contributed by atoms with Gasteiger partial charge in [0.2, 0.25) is 0 Å². The number of amides is 1. The maximum Gasteiger partial charge on any atom is 0.252 e. The lowest BCUT2D eigenvalue weighted by molar-refractivity contribution is 0.1000. The fourth-order valence-electron chi connectivity index (χ4n) is 2.89. The highest BCUT2D eigenvalue weighted by atomic mass is 16.1. The largest absolute Gasteiger partial charge is 0.365 e. The van der Waals surface area contributed by atoms with E-state index < -0.39 is 5.91 Å². The van der Waals surface area contributed by atoms with E-state index in [0.717, 1.165) is 43.0 Å². The number of anilines is 1. The van der Waals surface area contributed by atoms with Crippen molar-refractivity contribution < 1.29 is 4.79 Å². The first kappa shape index (κ1) is 13.8. The van der Waals surface area contributed by atoms with E-state index in [0.29, 0.717) is 11.6 Å². The number of primary amides is 1. The molecule has 0 saturated carbocycles. The Morgan fingerprint density at radius 1 is 1.58 bits per heavy atom. The minimum atomic E-state index is -0.393. The van der Waals surface area contributed by atoms with E-state index in [4.69, 9.17) is 5.73 Å². The molecule has 1 unspecified atom stereocenters. The standard InChI is InChI=1S/C14H22N4O/c1-9-7-10(2)17-14(12(9)13(15)19)18-6-4-5-11(18)8-16-3/h7,11,16H,4-6,8H2,1-3H3,(H2,15,19). The van der Waals surface area contributed by atoms with Crippen LogP contribution < -0.4 is 16.0 Å².